The lowest BCUT2D eigenvalue weighted by atomic mass is 10.1. The van der Waals surface area contributed by atoms with Gasteiger partial charge in [0, 0.05) is 16.2 Å². The van der Waals surface area contributed by atoms with Crippen LogP contribution >= 0.6 is 15.9 Å². The van der Waals surface area contributed by atoms with Gasteiger partial charge in [-0.05, 0) is 24.3 Å². The van der Waals surface area contributed by atoms with E-state index in [-0.39, 0.29) is 11.8 Å². The number of benzene rings is 2. The molecule has 0 amide bonds. The summed E-state index contributed by atoms with van der Waals surface area (Å²) < 4.78 is 40.3. The maximum atomic E-state index is 13.2. The second kappa shape index (κ2) is 6.43. The van der Waals surface area contributed by atoms with Crippen molar-refractivity contribution in [3.05, 3.63) is 66.7 Å². The molecule has 0 fully saturated rings. The lowest BCUT2D eigenvalue weighted by Gasteiger charge is -2.14. The van der Waals surface area contributed by atoms with Crippen LogP contribution < -0.4 is 5.32 Å². The van der Waals surface area contributed by atoms with Crippen LogP contribution in [0.25, 0.3) is 0 Å². The van der Waals surface area contributed by atoms with E-state index in [1.165, 1.54) is 24.3 Å². The van der Waals surface area contributed by atoms with Gasteiger partial charge in [-0.2, -0.15) is 13.2 Å². The van der Waals surface area contributed by atoms with Gasteiger partial charge in [0.15, 0.2) is 0 Å². The Hall–Kier alpha value is -2.69. The minimum absolute atomic E-state index is 0.153. The van der Waals surface area contributed by atoms with Crippen molar-refractivity contribution in [2.75, 3.05) is 5.32 Å². The quantitative estimate of drug-likeness (QED) is 0.568. The Morgan fingerprint density at radius 1 is 1.00 bits per heavy atom. The Balaban J connectivity index is 2.68. The Bertz CT molecular complexity index is 809. The van der Waals surface area contributed by atoms with Gasteiger partial charge in [-0.1, -0.05) is 15.9 Å². The summed E-state index contributed by atoms with van der Waals surface area (Å²) >= 11 is 3.15. The van der Waals surface area contributed by atoms with E-state index in [4.69, 9.17) is 0 Å². The largest absolute Gasteiger partial charge is 0.418 e. The molecule has 24 heavy (non-hydrogen) atoms. The first kappa shape index (κ1) is 17.7. The van der Waals surface area contributed by atoms with Gasteiger partial charge >= 0.3 is 6.18 Å². The summed E-state index contributed by atoms with van der Waals surface area (Å²) in [6, 6.07) is 6.58. The zero-order valence-electron chi connectivity index (χ0n) is 11.5. The van der Waals surface area contributed by atoms with E-state index in [1.807, 2.05) is 0 Å². The number of nitro groups is 2. The van der Waals surface area contributed by atoms with E-state index in [0.717, 1.165) is 0 Å². The third kappa shape index (κ3) is 3.79. The summed E-state index contributed by atoms with van der Waals surface area (Å²) in [6.45, 7) is 0. The number of nitrogens with zero attached hydrogens (tertiary/aromatic N) is 2. The molecule has 0 unspecified atom stereocenters. The molecule has 1 N–H and O–H groups in total. The van der Waals surface area contributed by atoms with Crippen molar-refractivity contribution in [3.8, 4) is 0 Å². The second-order valence-electron chi connectivity index (χ2n) is 4.53. The monoisotopic (exact) mass is 405 g/mol. The topological polar surface area (TPSA) is 98.3 Å². The number of anilines is 2. The number of hydrogen-bond acceptors (Lipinski definition) is 5. The van der Waals surface area contributed by atoms with Crippen LogP contribution in [-0.2, 0) is 6.18 Å². The molecule has 2 aromatic rings. The molecule has 0 heterocycles. The minimum Gasteiger partial charge on any atom is -0.349 e. The number of rotatable bonds is 4. The van der Waals surface area contributed by atoms with Gasteiger partial charge in [0.2, 0.25) is 0 Å². The standard InChI is InChI=1S/C13H7BrF3N3O4/c14-7-1-3-8(4-2-7)18-12-10(13(15,16)17)5-9(19(21)22)6-11(12)20(23)24/h1-6,18H. The van der Waals surface area contributed by atoms with Crippen molar-refractivity contribution in [2.45, 2.75) is 6.18 Å². The van der Waals surface area contributed by atoms with Gasteiger partial charge in [0.1, 0.15) is 5.69 Å². The predicted molar refractivity (Wildman–Crippen MR) is 82.2 cm³/mol. The van der Waals surface area contributed by atoms with E-state index in [9.17, 15) is 33.4 Å². The Kier molecular flexibility index (Phi) is 4.73. The number of nitro benzene ring substituents is 2. The molecule has 0 spiro atoms. The fourth-order valence-corrected chi connectivity index (χ4v) is 2.16. The smallest absolute Gasteiger partial charge is 0.349 e. The molecule has 0 atom stereocenters. The third-order valence-corrected chi connectivity index (χ3v) is 3.46. The molecule has 126 valence electrons. The Labute approximate surface area is 140 Å². The molecular weight excluding hydrogens is 399 g/mol. The normalized spacial score (nSPS) is 11.2. The summed E-state index contributed by atoms with van der Waals surface area (Å²) in [5.41, 5.74) is -4.26. The minimum atomic E-state index is -5.02. The molecule has 11 heteroatoms. The molecule has 0 bridgehead atoms. The molecule has 2 aromatic carbocycles. The predicted octanol–water partition coefficient (Wildman–Crippen LogP) is 5.03. The molecule has 0 saturated heterocycles. The molecule has 0 aliphatic carbocycles. The number of nitrogens with one attached hydrogen (secondary N) is 1. The molecule has 0 aromatic heterocycles. The molecule has 7 nitrogen and oxygen atoms in total. The van der Waals surface area contributed by atoms with E-state index in [1.54, 1.807) is 0 Å². The molecule has 0 radical (unpaired) electrons. The third-order valence-electron chi connectivity index (χ3n) is 2.93. The highest BCUT2D eigenvalue weighted by Gasteiger charge is 2.39. The van der Waals surface area contributed by atoms with Crippen molar-refractivity contribution in [1.29, 1.82) is 0 Å². The van der Waals surface area contributed by atoms with Crippen LogP contribution in [-0.4, -0.2) is 9.85 Å². The molecule has 0 aliphatic heterocycles. The summed E-state index contributed by atoms with van der Waals surface area (Å²) in [6.07, 6.45) is -5.02. The number of hydrogen-bond donors (Lipinski definition) is 1. The fraction of sp³-hybridized carbons (Fsp3) is 0.0769. The average molecular weight is 406 g/mol. The van der Waals surface area contributed by atoms with Crippen LogP contribution in [0.15, 0.2) is 40.9 Å². The van der Waals surface area contributed by atoms with Gasteiger partial charge < -0.3 is 5.32 Å². The SMILES string of the molecule is O=[N+]([O-])c1cc([N+](=O)[O-])c(Nc2ccc(Br)cc2)c(C(F)(F)F)c1. The van der Waals surface area contributed by atoms with Crippen LogP contribution in [0.3, 0.4) is 0 Å². The highest BCUT2D eigenvalue weighted by molar-refractivity contribution is 9.10. The second-order valence-corrected chi connectivity index (χ2v) is 5.45. The first-order chi connectivity index (χ1) is 11.1. The Morgan fingerprint density at radius 2 is 1.58 bits per heavy atom. The zero-order chi connectivity index (χ0) is 18.1. The molecular formula is C13H7BrF3N3O4. The van der Waals surface area contributed by atoms with Gasteiger partial charge in [-0.3, -0.25) is 20.2 Å². The van der Waals surface area contributed by atoms with Gasteiger partial charge in [-0.15, -0.1) is 0 Å². The van der Waals surface area contributed by atoms with Crippen molar-refractivity contribution in [1.82, 2.24) is 0 Å². The zero-order valence-corrected chi connectivity index (χ0v) is 13.1. The number of non-ortho nitro benzene ring substituents is 1. The van der Waals surface area contributed by atoms with E-state index in [0.29, 0.717) is 10.5 Å². The number of alkyl halides is 3. The van der Waals surface area contributed by atoms with Gasteiger partial charge in [0.25, 0.3) is 11.4 Å². The van der Waals surface area contributed by atoms with E-state index >= 15 is 0 Å². The van der Waals surface area contributed by atoms with Crippen LogP contribution in [0.1, 0.15) is 5.56 Å². The first-order valence-corrected chi connectivity index (χ1v) is 6.95. The molecule has 2 rings (SSSR count). The van der Waals surface area contributed by atoms with Crippen molar-refractivity contribution >= 4 is 38.7 Å². The van der Waals surface area contributed by atoms with Crippen molar-refractivity contribution in [3.63, 3.8) is 0 Å². The van der Waals surface area contributed by atoms with Crippen molar-refractivity contribution < 1.29 is 23.0 Å². The first-order valence-electron chi connectivity index (χ1n) is 6.16. The lowest BCUT2D eigenvalue weighted by Crippen LogP contribution is -2.11. The average Bonchev–Trinajstić information content (AvgIpc) is 2.48. The molecule has 0 aliphatic rings. The maximum absolute atomic E-state index is 13.2. The van der Waals surface area contributed by atoms with Gasteiger partial charge in [-0.25, -0.2) is 0 Å². The molecule has 0 saturated carbocycles. The summed E-state index contributed by atoms with van der Waals surface area (Å²) in [4.78, 5) is 19.6. The summed E-state index contributed by atoms with van der Waals surface area (Å²) in [5, 5.41) is 24.2. The maximum Gasteiger partial charge on any atom is 0.418 e. The summed E-state index contributed by atoms with van der Waals surface area (Å²) in [5.74, 6) is 0. The number of halogens is 4. The summed E-state index contributed by atoms with van der Waals surface area (Å²) in [7, 11) is 0. The van der Waals surface area contributed by atoms with Crippen LogP contribution in [0.4, 0.5) is 35.9 Å². The van der Waals surface area contributed by atoms with E-state index in [2.05, 4.69) is 21.2 Å². The van der Waals surface area contributed by atoms with Gasteiger partial charge in [0.05, 0.1) is 21.5 Å². The van der Waals surface area contributed by atoms with Crippen LogP contribution in [0.2, 0.25) is 0 Å². The fourth-order valence-electron chi connectivity index (χ4n) is 1.89. The lowest BCUT2D eigenvalue weighted by molar-refractivity contribution is -0.394. The van der Waals surface area contributed by atoms with E-state index < -0.39 is 38.6 Å². The highest BCUT2D eigenvalue weighted by atomic mass is 79.9. The van der Waals surface area contributed by atoms with Crippen LogP contribution in [0.5, 0.6) is 0 Å². The van der Waals surface area contributed by atoms with Crippen LogP contribution in [0, 0.1) is 20.2 Å². The highest BCUT2D eigenvalue weighted by Crippen LogP contribution is 2.43. The Morgan fingerprint density at radius 3 is 2.04 bits per heavy atom. The van der Waals surface area contributed by atoms with Crippen molar-refractivity contribution in [2.24, 2.45) is 0 Å².